The number of aliphatic carboxylic acids is 1. The lowest BCUT2D eigenvalue weighted by Crippen LogP contribution is -2.30. The summed E-state index contributed by atoms with van der Waals surface area (Å²) in [5.41, 5.74) is 5.38. The Labute approximate surface area is 147 Å². The number of nitrogens with two attached hydrogens (primary N) is 1. The summed E-state index contributed by atoms with van der Waals surface area (Å²) in [7, 11) is 0. The van der Waals surface area contributed by atoms with Crippen LogP contribution < -0.4 is 5.73 Å². The number of halogens is 3. The number of thioether (sulfide) groups is 1. The average Bonchev–Trinajstić information content (AvgIpc) is 2.56. The Morgan fingerprint density at radius 3 is 2.48 bits per heavy atom. The predicted octanol–water partition coefficient (Wildman–Crippen LogP) is 3.81. The summed E-state index contributed by atoms with van der Waals surface area (Å²) in [5.74, 6) is -2.08. The van der Waals surface area contributed by atoms with Gasteiger partial charge in [-0.2, -0.15) is 24.9 Å². The van der Waals surface area contributed by atoms with Crippen molar-refractivity contribution < 1.29 is 23.1 Å². The predicted molar refractivity (Wildman–Crippen MR) is 92.7 cm³/mol. The fourth-order valence-electron chi connectivity index (χ4n) is 2.41. The normalized spacial score (nSPS) is 14.4. The van der Waals surface area contributed by atoms with Gasteiger partial charge in [0.05, 0.1) is 11.6 Å². The van der Waals surface area contributed by atoms with E-state index in [1.807, 2.05) is 6.07 Å². The van der Waals surface area contributed by atoms with Gasteiger partial charge in [-0.1, -0.05) is 24.3 Å². The first-order chi connectivity index (χ1) is 11.8. The van der Waals surface area contributed by atoms with Crippen molar-refractivity contribution >= 4 is 28.5 Å². The van der Waals surface area contributed by atoms with Gasteiger partial charge < -0.3 is 10.8 Å². The number of aromatic nitrogens is 1. The lowest BCUT2D eigenvalue weighted by atomic mass is 9.99. The Morgan fingerprint density at radius 1 is 1.20 bits per heavy atom. The number of fused-ring (bicyclic) bond motifs is 1. The minimum absolute atomic E-state index is 0.00837. The van der Waals surface area contributed by atoms with Crippen LogP contribution in [0.15, 0.2) is 36.5 Å². The van der Waals surface area contributed by atoms with Crippen molar-refractivity contribution in [3.8, 4) is 0 Å². The van der Waals surface area contributed by atoms with Crippen LogP contribution in [0, 0.1) is 0 Å². The van der Waals surface area contributed by atoms with Crippen LogP contribution in [-0.4, -0.2) is 39.8 Å². The van der Waals surface area contributed by atoms with E-state index in [2.05, 4.69) is 4.98 Å². The Hall–Kier alpha value is -1.80. The number of alkyl halides is 3. The minimum atomic E-state index is -4.38. The Morgan fingerprint density at radius 2 is 1.84 bits per heavy atom. The maximum absolute atomic E-state index is 13.4. The van der Waals surface area contributed by atoms with Crippen LogP contribution in [0.25, 0.3) is 10.8 Å². The molecule has 25 heavy (non-hydrogen) atoms. The average molecular weight is 372 g/mol. The minimum Gasteiger partial charge on any atom is -0.480 e. The molecular formula is C17H19F3N2O2S. The summed E-state index contributed by atoms with van der Waals surface area (Å²) < 4.78 is 40.2. The third-order valence-corrected chi connectivity index (χ3v) is 4.89. The zero-order valence-electron chi connectivity index (χ0n) is 13.4. The van der Waals surface area contributed by atoms with Crippen LogP contribution in [0.2, 0.25) is 0 Å². The number of carboxylic acids is 1. The number of carboxylic acid groups (broad SMARTS) is 1. The summed E-state index contributed by atoms with van der Waals surface area (Å²) in [6.45, 7) is 0. The number of rotatable bonds is 8. The van der Waals surface area contributed by atoms with Gasteiger partial charge in [-0.15, -0.1) is 0 Å². The second-order valence-electron chi connectivity index (χ2n) is 5.68. The highest BCUT2D eigenvalue weighted by atomic mass is 32.2. The summed E-state index contributed by atoms with van der Waals surface area (Å²) in [6.07, 6.45) is -2.80. The van der Waals surface area contributed by atoms with Gasteiger partial charge in [-0.05, 0) is 35.8 Å². The maximum Gasteiger partial charge on any atom is 0.397 e. The molecule has 3 N–H and O–H groups in total. The van der Waals surface area contributed by atoms with Crippen molar-refractivity contribution in [2.24, 2.45) is 5.73 Å². The Balaban J connectivity index is 2.00. The van der Waals surface area contributed by atoms with Crippen LogP contribution in [-0.2, 0) is 4.79 Å². The monoisotopic (exact) mass is 372 g/mol. The molecule has 0 fully saturated rings. The van der Waals surface area contributed by atoms with E-state index in [0.717, 1.165) is 10.8 Å². The van der Waals surface area contributed by atoms with E-state index in [9.17, 15) is 18.0 Å². The number of benzene rings is 1. The van der Waals surface area contributed by atoms with E-state index in [4.69, 9.17) is 10.8 Å². The van der Waals surface area contributed by atoms with Gasteiger partial charge in [0.1, 0.15) is 6.04 Å². The molecule has 1 aromatic heterocycles. The van der Waals surface area contributed by atoms with Crippen molar-refractivity contribution in [3.63, 3.8) is 0 Å². The molecule has 1 aromatic carbocycles. The van der Waals surface area contributed by atoms with Crippen LogP contribution in [0.3, 0.4) is 0 Å². The highest BCUT2D eigenvalue weighted by molar-refractivity contribution is 7.99. The molecule has 0 radical (unpaired) electrons. The van der Waals surface area contributed by atoms with Crippen LogP contribution in [0.5, 0.6) is 0 Å². The molecule has 2 atom stereocenters. The third kappa shape index (κ3) is 5.61. The van der Waals surface area contributed by atoms with Gasteiger partial charge in [-0.3, -0.25) is 9.78 Å². The first kappa shape index (κ1) is 19.5. The number of hydrogen-bond acceptors (Lipinski definition) is 4. The Bertz CT molecular complexity index is 724. The molecule has 0 saturated carbocycles. The molecular weight excluding hydrogens is 353 g/mol. The fourth-order valence-corrected chi connectivity index (χ4v) is 3.43. The number of nitrogens with zero attached hydrogens (tertiary/aromatic N) is 1. The van der Waals surface area contributed by atoms with E-state index in [1.54, 1.807) is 18.2 Å². The standard InChI is InChI=1S/C17H19F3N2O2S/c18-17(19,20)13(5-7-25-8-6-14(21)16(23)24)15-9-11-3-1-2-4-12(11)10-22-15/h1-4,9-10,13-14H,5-8,21H2,(H,23,24). The number of carbonyl (C=O) groups is 1. The molecule has 0 saturated heterocycles. The highest BCUT2D eigenvalue weighted by Crippen LogP contribution is 2.38. The van der Waals surface area contributed by atoms with Gasteiger partial charge in [0, 0.05) is 11.6 Å². The molecule has 2 aromatic rings. The molecule has 0 aliphatic heterocycles. The van der Waals surface area contributed by atoms with Crippen molar-refractivity contribution in [2.45, 2.75) is 31.0 Å². The zero-order chi connectivity index (χ0) is 18.4. The van der Waals surface area contributed by atoms with Gasteiger partial charge in [0.25, 0.3) is 0 Å². The van der Waals surface area contributed by atoms with Crippen molar-refractivity contribution in [1.82, 2.24) is 4.98 Å². The molecule has 136 valence electrons. The molecule has 2 rings (SSSR count). The summed E-state index contributed by atoms with van der Waals surface area (Å²) >= 11 is 1.27. The number of hydrogen-bond donors (Lipinski definition) is 2. The van der Waals surface area contributed by atoms with Gasteiger partial charge in [-0.25, -0.2) is 0 Å². The van der Waals surface area contributed by atoms with E-state index < -0.39 is 24.1 Å². The lowest BCUT2D eigenvalue weighted by Gasteiger charge is -2.20. The summed E-state index contributed by atoms with van der Waals surface area (Å²) in [6, 6.07) is 7.65. The third-order valence-electron chi connectivity index (χ3n) is 3.85. The van der Waals surface area contributed by atoms with Crippen LogP contribution in [0.4, 0.5) is 13.2 Å². The largest absolute Gasteiger partial charge is 0.480 e. The van der Waals surface area contributed by atoms with E-state index in [1.165, 1.54) is 24.0 Å². The quantitative estimate of drug-likeness (QED) is 0.689. The van der Waals surface area contributed by atoms with Crippen molar-refractivity contribution in [2.75, 3.05) is 11.5 Å². The summed E-state index contributed by atoms with van der Waals surface area (Å²) in [5, 5.41) is 10.2. The second kappa shape index (κ2) is 8.53. The van der Waals surface area contributed by atoms with E-state index in [-0.39, 0.29) is 24.3 Å². The first-order valence-electron chi connectivity index (χ1n) is 7.76. The maximum atomic E-state index is 13.4. The smallest absolute Gasteiger partial charge is 0.397 e. The lowest BCUT2D eigenvalue weighted by molar-refractivity contribution is -0.151. The number of pyridine rings is 1. The SMILES string of the molecule is NC(CCSCCC(c1cc2ccccc2cn1)C(F)(F)F)C(=O)O. The molecule has 0 spiro atoms. The van der Waals surface area contributed by atoms with Crippen molar-refractivity contribution in [3.05, 3.63) is 42.2 Å². The summed E-state index contributed by atoms with van der Waals surface area (Å²) in [4.78, 5) is 14.6. The topological polar surface area (TPSA) is 76.2 Å². The molecule has 2 unspecified atom stereocenters. The molecule has 4 nitrogen and oxygen atoms in total. The molecule has 0 aliphatic carbocycles. The highest BCUT2D eigenvalue weighted by Gasteiger charge is 2.41. The molecule has 0 bridgehead atoms. The fraction of sp³-hybridized carbons (Fsp3) is 0.412. The van der Waals surface area contributed by atoms with Crippen molar-refractivity contribution in [1.29, 1.82) is 0 Å². The van der Waals surface area contributed by atoms with E-state index in [0.29, 0.717) is 5.75 Å². The molecule has 8 heteroatoms. The van der Waals surface area contributed by atoms with Crippen LogP contribution >= 0.6 is 11.8 Å². The van der Waals surface area contributed by atoms with Gasteiger partial charge in [0.2, 0.25) is 0 Å². The van der Waals surface area contributed by atoms with Gasteiger partial charge >= 0.3 is 12.1 Å². The Kier molecular flexibility index (Phi) is 6.66. The zero-order valence-corrected chi connectivity index (χ0v) is 14.2. The second-order valence-corrected chi connectivity index (χ2v) is 6.91. The molecule has 1 heterocycles. The molecule has 0 aliphatic rings. The van der Waals surface area contributed by atoms with E-state index >= 15 is 0 Å². The first-order valence-corrected chi connectivity index (χ1v) is 8.92. The van der Waals surface area contributed by atoms with Crippen LogP contribution in [0.1, 0.15) is 24.5 Å². The molecule has 0 amide bonds. The van der Waals surface area contributed by atoms with Gasteiger partial charge in [0.15, 0.2) is 0 Å².